The Labute approximate surface area is 93.5 Å². The molecule has 0 spiro atoms. The third-order valence-corrected chi connectivity index (χ3v) is 2.75. The molecule has 0 radical (unpaired) electrons. The summed E-state index contributed by atoms with van der Waals surface area (Å²) in [5.41, 5.74) is 2.75. The van der Waals surface area contributed by atoms with Crippen LogP contribution in [0.3, 0.4) is 0 Å². The summed E-state index contributed by atoms with van der Waals surface area (Å²) in [6.45, 7) is 3.63. The van der Waals surface area contributed by atoms with Gasteiger partial charge in [-0.2, -0.15) is 0 Å². The van der Waals surface area contributed by atoms with Gasteiger partial charge >= 0.3 is 5.97 Å². The SMILES string of the molecule is Cc1nc2ccccn2c1CC(C)C(=O)O. The Morgan fingerprint density at radius 2 is 2.31 bits per heavy atom. The lowest BCUT2D eigenvalue weighted by Crippen LogP contribution is -2.14. The number of carbonyl (C=O) groups is 1. The molecule has 84 valence electrons. The molecule has 1 N–H and O–H groups in total. The van der Waals surface area contributed by atoms with Crippen LogP contribution in [0.5, 0.6) is 0 Å². The Bertz CT molecular complexity index is 531. The Morgan fingerprint density at radius 1 is 1.56 bits per heavy atom. The van der Waals surface area contributed by atoms with Crippen LogP contribution in [-0.4, -0.2) is 20.5 Å². The molecule has 0 saturated carbocycles. The summed E-state index contributed by atoms with van der Waals surface area (Å²) >= 11 is 0. The topological polar surface area (TPSA) is 54.6 Å². The second kappa shape index (κ2) is 3.96. The highest BCUT2D eigenvalue weighted by Gasteiger charge is 2.16. The predicted molar refractivity (Wildman–Crippen MR) is 60.4 cm³/mol. The number of pyridine rings is 1. The van der Waals surface area contributed by atoms with E-state index in [4.69, 9.17) is 5.11 Å². The van der Waals surface area contributed by atoms with Crippen molar-refractivity contribution in [3.05, 3.63) is 35.8 Å². The number of rotatable bonds is 3. The van der Waals surface area contributed by atoms with E-state index in [2.05, 4.69) is 4.98 Å². The van der Waals surface area contributed by atoms with Gasteiger partial charge in [-0.05, 0) is 19.1 Å². The van der Waals surface area contributed by atoms with E-state index in [1.165, 1.54) is 0 Å². The molecule has 2 aromatic rings. The number of aromatic nitrogens is 2. The minimum absolute atomic E-state index is 0.390. The third kappa shape index (κ3) is 1.78. The smallest absolute Gasteiger partial charge is 0.306 e. The molecule has 0 bridgehead atoms. The summed E-state index contributed by atoms with van der Waals surface area (Å²) in [6, 6.07) is 5.76. The van der Waals surface area contributed by atoms with Crippen molar-refractivity contribution in [1.82, 2.24) is 9.38 Å². The molecular formula is C12H14N2O2. The first-order valence-corrected chi connectivity index (χ1v) is 5.25. The van der Waals surface area contributed by atoms with E-state index in [0.29, 0.717) is 6.42 Å². The number of hydrogen-bond donors (Lipinski definition) is 1. The number of fused-ring (bicyclic) bond motifs is 1. The largest absolute Gasteiger partial charge is 0.481 e. The van der Waals surface area contributed by atoms with Gasteiger partial charge in [0, 0.05) is 18.3 Å². The maximum atomic E-state index is 10.8. The third-order valence-electron chi connectivity index (χ3n) is 2.75. The number of carboxylic acid groups (broad SMARTS) is 1. The lowest BCUT2D eigenvalue weighted by atomic mass is 10.1. The molecule has 2 aromatic heterocycles. The summed E-state index contributed by atoms with van der Waals surface area (Å²) in [5.74, 6) is -1.16. The maximum absolute atomic E-state index is 10.8. The number of aryl methyl sites for hydroxylation is 1. The molecule has 4 heteroatoms. The van der Waals surface area contributed by atoms with Crippen molar-refractivity contribution in [3.8, 4) is 0 Å². The first-order valence-electron chi connectivity index (χ1n) is 5.25. The van der Waals surface area contributed by atoms with E-state index in [-0.39, 0.29) is 5.92 Å². The quantitative estimate of drug-likeness (QED) is 0.856. The highest BCUT2D eigenvalue weighted by atomic mass is 16.4. The minimum atomic E-state index is -0.773. The molecule has 4 nitrogen and oxygen atoms in total. The van der Waals surface area contributed by atoms with Gasteiger partial charge in [0.25, 0.3) is 0 Å². The average molecular weight is 218 g/mol. The fourth-order valence-electron chi connectivity index (χ4n) is 1.79. The Balaban J connectivity index is 2.43. The van der Waals surface area contributed by atoms with Gasteiger partial charge in [0.05, 0.1) is 11.6 Å². The summed E-state index contributed by atoms with van der Waals surface area (Å²) in [4.78, 5) is 15.2. The van der Waals surface area contributed by atoms with E-state index in [1.807, 2.05) is 35.7 Å². The number of nitrogens with zero attached hydrogens (tertiary/aromatic N) is 2. The van der Waals surface area contributed by atoms with E-state index >= 15 is 0 Å². The summed E-state index contributed by atoms with van der Waals surface area (Å²) < 4.78 is 1.95. The monoisotopic (exact) mass is 218 g/mol. The number of imidazole rings is 1. The molecule has 1 unspecified atom stereocenters. The maximum Gasteiger partial charge on any atom is 0.306 e. The Hall–Kier alpha value is -1.84. The first kappa shape index (κ1) is 10.7. The van der Waals surface area contributed by atoms with E-state index in [0.717, 1.165) is 17.0 Å². The lowest BCUT2D eigenvalue weighted by Gasteiger charge is -2.06. The van der Waals surface area contributed by atoms with Gasteiger partial charge < -0.3 is 9.51 Å². The van der Waals surface area contributed by atoms with Crippen molar-refractivity contribution < 1.29 is 9.90 Å². The molecule has 2 rings (SSSR count). The van der Waals surface area contributed by atoms with Crippen molar-refractivity contribution in [2.45, 2.75) is 20.3 Å². The van der Waals surface area contributed by atoms with Crippen LogP contribution in [-0.2, 0) is 11.2 Å². The van der Waals surface area contributed by atoms with Crippen molar-refractivity contribution in [2.75, 3.05) is 0 Å². The normalized spacial score (nSPS) is 12.9. The Kier molecular flexibility index (Phi) is 2.64. The van der Waals surface area contributed by atoms with Crippen LogP contribution < -0.4 is 0 Å². The van der Waals surface area contributed by atoms with E-state index < -0.39 is 5.97 Å². The zero-order valence-electron chi connectivity index (χ0n) is 9.34. The van der Waals surface area contributed by atoms with Crippen molar-refractivity contribution >= 4 is 11.6 Å². The van der Waals surface area contributed by atoms with Gasteiger partial charge in [0.1, 0.15) is 5.65 Å². The second-order valence-corrected chi connectivity index (χ2v) is 4.02. The van der Waals surface area contributed by atoms with Crippen LogP contribution in [0.4, 0.5) is 0 Å². The molecular weight excluding hydrogens is 204 g/mol. The second-order valence-electron chi connectivity index (χ2n) is 4.02. The van der Waals surface area contributed by atoms with Gasteiger partial charge in [-0.15, -0.1) is 0 Å². The highest BCUT2D eigenvalue weighted by Crippen LogP contribution is 2.15. The fraction of sp³-hybridized carbons (Fsp3) is 0.333. The first-order chi connectivity index (χ1) is 7.59. The van der Waals surface area contributed by atoms with Crippen LogP contribution in [0.15, 0.2) is 24.4 Å². The van der Waals surface area contributed by atoms with Gasteiger partial charge in [-0.3, -0.25) is 4.79 Å². The van der Waals surface area contributed by atoms with Gasteiger partial charge in [-0.25, -0.2) is 4.98 Å². The molecule has 0 aliphatic rings. The van der Waals surface area contributed by atoms with Gasteiger partial charge in [0.15, 0.2) is 0 Å². The standard InChI is InChI=1S/C12H14N2O2/c1-8(12(15)16)7-10-9(2)13-11-5-3-4-6-14(10)11/h3-6,8H,7H2,1-2H3,(H,15,16). The minimum Gasteiger partial charge on any atom is -0.481 e. The molecule has 0 aliphatic heterocycles. The lowest BCUT2D eigenvalue weighted by molar-refractivity contribution is -0.141. The Morgan fingerprint density at radius 3 is 3.00 bits per heavy atom. The van der Waals surface area contributed by atoms with Crippen molar-refractivity contribution in [3.63, 3.8) is 0 Å². The number of hydrogen-bond acceptors (Lipinski definition) is 2. The summed E-state index contributed by atoms with van der Waals surface area (Å²) in [6.07, 6.45) is 2.42. The molecule has 0 saturated heterocycles. The number of aliphatic carboxylic acids is 1. The van der Waals surface area contributed by atoms with Crippen LogP contribution in [0.1, 0.15) is 18.3 Å². The predicted octanol–water partition coefficient (Wildman–Crippen LogP) is 1.91. The molecule has 0 aliphatic carbocycles. The molecule has 2 heterocycles. The fourth-order valence-corrected chi connectivity index (χ4v) is 1.79. The number of carboxylic acids is 1. The average Bonchev–Trinajstić information content (AvgIpc) is 2.55. The molecule has 16 heavy (non-hydrogen) atoms. The molecule has 0 aromatic carbocycles. The van der Waals surface area contributed by atoms with Gasteiger partial charge in [0.2, 0.25) is 0 Å². The van der Waals surface area contributed by atoms with Crippen molar-refractivity contribution in [1.29, 1.82) is 0 Å². The zero-order chi connectivity index (χ0) is 11.7. The van der Waals surface area contributed by atoms with Gasteiger partial charge in [-0.1, -0.05) is 13.0 Å². The molecule has 1 atom stereocenters. The molecule has 0 amide bonds. The van der Waals surface area contributed by atoms with Crippen LogP contribution in [0, 0.1) is 12.8 Å². The van der Waals surface area contributed by atoms with Crippen LogP contribution in [0.25, 0.3) is 5.65 Å². The zero-order valence-corrected chi connectivity index (χ0v) is 9.34. The van der Waals surface area contributed by atoms with E-state index in [9.17, 15) is 4.79 Å². The van der Waals surface area contributed by atoms with Crippen LogP contribution in [0.2, 0.25) is 0 Å². The van der Waals surface area contributed by atoms with E-state index in [1.54, 1.807) is 6.92 Å². The molecule has 0 fully saturated rings. The summed E-state index contributed by atoms with van der Waals surface area (Å²) in [5, 5.41) is 8.91. The highest BCUT2D eigenvalue weighted by molar-refractivity contribution is 5.70. The van der Waals surface area contributed by atoms with Crippen LogP contribution >= 0.6 is 0 Å². The van der Waals surface area contributed by atoms with Crippen molar-refractivity contribution in [2.24, 2.45) is 5.92 Å². The summed E-state index contributed by atoms with van der Waals surface area (Å²) in [7, 11) is 0.